The van der Waals surface area contributed by atoms with Crippen molar-refractivity contribution in [2.75, 3.05) is 36.8 Å². The normalized spacial score (nSPS) is 22.1. The number of carbonyl (C=O) groups is 2. The summed E-state index contributed by atoms with van der Waals surface area (Å²) in [5.74, 6) is 0.552. The van der Waals surface area contributed by atoms with Gasteiger partial charge in [0.05, 0.1) is 0 Å². The number of Topliss-reactive ketones (excluding diaryl/α,β-unsaturated/α-hetero) is 2. The molecule has 35 heavy (non-hydrogen) atoms. The molecule has 0 unspecified atom stereocenters. The van der Waals surface area contributed by atoms with Gasteiger partial charge in [-0.3, -0.25) is 9.59 Å². The molecule has 4 heterocycles. The summed E-state index contributed by atoms with van der Waals surface area (Å²) in [6.45, 7) is 3.93. The monoisotopic (exact) mass is 689 g/mol. The molecule has 7 heteroatoms. The van der Waals surface area contributed by atoms with Gasteiger partial charge >= 0.3 is 0 Å². The molecule has 4 aliphatic rings. The number of hydrogen-bond acceptors (Lipinski definition) is 5. The van der Waals surface area contributed by atoms with Crippen molar-refractivity contribution in [3.63, 3.8) is 0 Å². The second-order valence-electron chi connectivity index (χ2n) is 10.2. The Labute approximate surface area is 245 Å². The molecule has 2 fully saturated rings. The number of hydrogen-bond donors (Lipinski definition) is 3. The van der Waals surface area contributed by atoms with Crippen molar-refractivity contribution in [3.05, 3.63) is 65.0 Å². The number of nitrogens with zero attached hydrogens (tertiary/aromatic N) is 1. The summed E-state index contributed by atoms with van der Waals surface area (Å²) in [5, 5.41) is 15.1. The summed E-state index contributed by atoms with van der Waals surface area (Å²) in [7, 11) is 0. The number of carbonyl (C=O) groups excluding carboxylic acids is 2. The fourth-order valence-corrected chi connectivity index (χ4v) is 5.82. The molecule has 2 spiro atoms. The number of benzene rings is 2. The zero-order chi connectivity index (χ0) is 23.4. The standard InChI is InChI=1S/C14H18N2O.C14H17N2O.Ac.H2/c2*17-13-5-6-14(7-9-15-10-8-14)16-12-4-2-1-3-11(12)13;;/h1-4,15-16H,5-10H2;1-4,16H,5-10H2;;1H/q;-1;;/i;;;1+1. The molecule has 3 N–H and O–H groups in total. The van der Waals surface area contributed by atoms with Crippen LogP contribution in [0, 0.1) is 44.1 Å². The van der Waals surface area contributed by atoms with Crippen molar-refractivity contribution in [3.8, 4) is 0 Å². The summed E-state index contributed by atoms with van der Waals surface area (Å²) in [6, 6.07) is 15.8. The van der Waals surface area contributed by atoms with Crippen LogP contribution in [-0.4, -0.2) is 48.8 Å². The number of fused-ring (bicyclic) bond motifs is 2. The molecular formula is C28H37AcN4O2-. The van der Waals surface area contributed by atoms with Gasteiger partial charge in [-0.25, -0.2) is 0 Å². The summed E-state index contributed by atoms with van der Waals surface area (Å²) in [6.07, 6.45) is 7.54. The number of ketones is 2. The molecule has 0 bridgehead atoms. The van der Waals surface area contributed by atoms with Crippen molar-refractivity contribution in [1.82, 2.24) is 5.32 Å². The second-order valence-corrected chi connectivity index (χ2v) is 10.2. The first-order chi connectivity index (χ1) is 16.6. The van der Waals surface area contributed by atoms with Crippen molar-refractivity contribution in [2.24, 2.45) is 0 Å². The van der Waals surface area contributed by atoms with Crippen LogP contribution < -0.4 is 16.0 Å². The Morgan fingerprint density at radius 3 is 1.63 bits per heavy atom. The van der Waals surface area contributed by atoms with Gasteiger partial charge in [0.25, 0.3) is 0 Å². The third kappa shape index (κ3) is 6.18. The van der Waals surface area contributed by atoms with Gasteiger partial charge in [0.15, 0.2) is 11.6 Å². The average molecular weight is 690 g/mol. The first-order valence-corrected chi connectivity index (χ1v) is 12.7. The van der Waals surface area contributed by atoms with Crippen molar-refractivity contribution in [1.29, 1.82) is 0 Å². The molecule has 2 saturated heterocycles. The molecule has 4 aliphatic heterocycles. The fourth-order valence-electron chi connectivity index (χ4n) is 5.82. The molecule has 185 valence electrons. The molecule has 0 amide bonds. The predicted molar refractivity (Wildman–Crippen MR) is 139 cm³/mol. The molecule has 0 aromatic heterocycles. The van der Waals surface area contributed by atoms with Gasteiger partial charge in [-0.2, -0.15) is 0 Å². The van der Waals surface area contributed by atoms with E-state index >= 15 is 0 Å². The van der Waals surface area contributed by atoms with Gasteiger partial charge in [-0.05, 0) is 75.9 Å². The maximum atomic E-state index is 12.1. The van der Waals surface area contributed by atoms with Crippen LogP contribution in [0.4, 0.5) is 11.4 Å². The Morgan fingerprint density at radius 1 is 0.657 bits per heavy atom. The van der Waals surface area contributed by atoms with E-state index in [-0.39, 0.29) is 68.1 Å². The van der Waals surface area contributed by atoms with E-state index in [0.29, 0.717) is 12.8 Å². The van der Waals surface area contributed by atoms with E-state index in [1.807, 2.05) is 48.5 Å². The number of para-hydroxylation sites is 2. The van der Waals surface area contributed by atoms with Crippen LogP contribution in [0.25, 0.3) is 5.32 Å². The summed E-state index contributed by atoms with van der Waals surface area (Å²) >= 11 is 0. The predicted octanol–water partition coefficient (Wildman–Crippen LogP) is 5.42. The van der Waals surface area contributed by atoms with E-state index in [9.17, 15) is 9.59 Å². The molecular weight excluding hydrogens is 651 g/mol. The number of anilines is 2. The summed E-state index contributed by atoms with van der Waals surface area (Å²) in [5.41, 5.74) is 3.99. The van der Waals surface area contributed by atoms with E-state index in [0.717, 1.165) is 87.2 Å². The van der Waals surface area contributed by atoms with Gasteiger partial charge in [0.2, 0.25) is 0 Å². The van der Waals surface area contributed by atoms with Gasteiger partial charge in [0, 0.05) is 91.9 Å². The fraction of sp³-hybridized carbons (Fsp3) is 0.500. The Hall–Kier alpha value is -1.26. The van der Waals surface area contributed by atoms with Gasteiger partial charge in [-0.1, -0.05) is 24.3 Å². The largest absolute Gasteiger partial charge is 0.662 e. The quantitative estimate of drug-likeness (QED) is 0.344. The molecule has 6 nitrogen and oxygen atoms in total. The van der Waals surface area contributed by atoms with Crippen LogP contribution in [-0.2, 0) is 0 Å². The average Bonchev–Trinajstić information content (AvgIpc) is 3.09. The van der Waals surface area contributed by atoms with Gasteiger partial charge < -0.3 is 21.3 Å². The molecule has 2 aromatic carbocycles. The van der Waals surface area contributed by atoms with Crippen LogP contribution in [0.5, 0.6) is 0 Å². The molecule has 6 rings (SSSR count). The minimum atomic E-state index is 0. The first-order valence-electron chi connectivity index (χ1n) is 12.7. The van der Waals surface area contributed by atoms with Crippen LogP contribution in [0.1, 0.15) is 73.5 Å². The third-order valence-corrected chi connectivity index (χ3v) is 7.97. The van der Waals surface area contributed by atoms with Gasteiger partial charge in [-0.15, -0.1) is 13.1 Å². The third-order valence-electron chi connectivity index (χ3n) is 7.97. The smallest absolute Gasteiger partial charge is 0.165 e. The van der Waals surface area contributed by atoms with Gasteiger partial charge in [0.1, 0.15) is 0 Å². The van der Waals surface area contributed by atoms with Crippen molar-refractivity contribution in [2.45, 2.75) is 62.4 Å². The molecule has 2 aromatic rings. The zero-order valence-electron chi connectivity index (χ0n) is 20.4. The maximum absolute atomic E-state index is 12.1. The first kappa shape index (κ1) is 26.8. The zero-order valence-corrected chi connectivity index (χ0v) is 25.2. The summed E-state index contributed by atoms with van der Waals surface area (Å²) in [4.78, 5) is 24.1. The topological polar surface area (TPSA) is 84.3 Å². The minimum absolute atomic E-state index is 0. The van der Waals surface area contributed by atoms with Crippen LogP contribution in [0.15, 0.2) is 48.5 Å². The Bertz CT molecular complexity index is 968. The van der Waals surface area contributed by atoms with Crippen LogP contribution in [0.2, 0.25) is 0 Å². The summed E-state index contributed by atoms with van der Waals surface area (Å²) < 4.78 is 0. The van der Waals surface area contributed by atoms with Crippen molar-refractivity contribution < 1.29 is 55.1 Å². The molecule has 1 radical (unpaired) electrons. The van der Waals surface area contributed by atoms with Crippen LogP contribution in [0.3, 0.4) is 0 Å². The second kappa shape index (κ2) is 11.9. The SMILES string of the molecule is O=C1CCC2(CCNCC2)Nc2ccccc21.O=C1CCC2(CC[N-]CC2)Nc2ccccc21.[2HH].[Ac]. The number of nitrogens with one attached hydrogen (secondary N) is 3. The van der Waals surface area contributed by atoms with E-state index in [2.05, 4.69) is 21.3 Å². The number of piperidine rings is 2. The molecule has 0 aliphatic carbocycles. The van der Waals surface area contributed by atoms with Crippen LogP contribution >= 0.6 is 0 Å². The minimum Gasteiger partial charge on any atom is -0.662 e. The Morgan fingerprint density at radius 2 is 1.11 bits per heavy atom. The van der Waals surface area contributed by atoms with Crippen molar-refractivity contribution >= 4 is 22.9 Å². The molecule has 0 saturated carbocycles. The number of rotatable bonds is 0. The Balaban J connectivity index is 0.000000190. The van der Waals surface area contributed by atoms with E-state index in [1.165, 1.54) is 0 Å². The van der Waals surface area contributed by atoms with E-state index in [1.54, 1.807) is 0 Å². The van der Waals surface area contributed by atoms with E-state index < -0.39 is 0 Å². The maximum Gasteiger partial charge on any atom is 0.165 e. The Kier molecular flexibility index (Phi) is 9.08. The molecule has 0 atom stereocenters. The van der Waals surface area contributed by atoms with E-state index in [4.69, 9.17) is 0 Å².